The lowest BCUT2D eigenvalue weighted by atomic mass is 10.1. The van der Waals surface area contributed by atoms with Crippen LogP contribution in [0.1, 0.15) is 42.3 Å². The lowest BCUT2D eigenvalue weighted by Crippen LogP contribution is -2.39. The van der Waals surface area contributed by atoms with Gasteiger partial charge in [-0.1, -0.05) is 6.92 Å². The molecule has 1 unspecified atom stereocenters. The largest absolute Gasteiger partial charge is 0.475 e. The predicted octanol–water partition coefficient (Wildman–Crippen LogP) is 2.37. The van der Waals surface area contributed by atoms with Crippen molar-refractivity contribution in [2.24, 2.45) is 0 Å². The summed E-state index contributed by atoms with van der Waals surface area (Å²) in [5.74, 6) is -0.951. The molecule has 2 rings (SSSR count). The Morgan fingerprint density at radius 1 is 1.63 bits per heavy atom. The second-order valence-corrected chi connectivity index (χ2v) is 4.95. The molecule has 5 nitrogen and oxygen atoms in total. The molecule has 1 atom stereocenters. The Morgan fingerprint density at radius 3 is 3.21 bits per heavy atom. The van der Waals surface area contributed by atoms with Gasteiger partial charge in [0.15, 0.2) is 0 Å². The molecule has 5 heteroatoms. The number of hydrogen-bond donors (Lipinski definition) is 1. The van der Waals surface area contributed by atoms with Gasteiger partial charge in [-0.15, -0.1) is 0 Å². The lowest BCUT2D eigenvalue weighted by Gasteiger charge is -2.32. The minimum Gasteiger partial charge on any atom is -0.475 e. The summed E-state index contributed by atoms with van der Waals surface area (Å²) in [5, 5.41) is 9.02. The van der Waals surface area contributed by atoms with Crippen LogP contribution >= 0.6 is 0 Å². The van der Waals surface area contributed by atoms with Gasteiger partial charge in [-0.2, -0.15) is 0 Å². The van der Waals surface area contributed by atoms with Crippen molar-refractivity contribution >= 4 is 5.97 Å². The van der Waals surface area contributed by atoms with E-state index in [0.29, 0.717) is 6.54 Å². The standard InChI is InChI=1S/C14H21NO4/c1-2-7-18-12-4-3-6-15(10-12)9-11-5-8-19-13(11)14(16)17/h5,8,12H,2-4,6-7,9-10H2,1H3,(H,16,17). The second-order valence-electron chi connectivity index (χ2n) is 4.95. The first kappa shape index (κ1) is 14.1. The van der Waals surface area contributed by atoms with E-state index in [2.05, 4.69) is 11.8 Å². The molecule has 0 saturated carbocycles. The molecule has 1 N–H and O–H groups in total. The molecule has 1 aromatic rings. The maximum absolute atomic E-state index is 11.0. The van der Waals surface area contributed by atoms with Crippen LogP contribution in [0.2, 0.25) is 0 Å². The van der Waals surface area contributed by atoms with Gasteiger partial charge in [-0.3, -0.25) is 4.90 Å². The van der Waals surface area contributed by atoms with Crippen molar-refractivity contribution in [3.63, 3.8) is 0 Å². The number of furan rings is 1. The number of ether oxygens (including phenoxy) is 1. The summed E-state index contributed by atoms with van der Waals surface area (Å²) in [6.45, 7) is 5.36. The number of nitrogens with zero attached hydrogens (tertiary/aromatic N) is 1. The van der Waals surface area contributed by atoms with E-state index in [1.54, 1.807) is 6.07 Å². The van der Waals surface area contributed by atoms with Crippen molar-refractivity contribution < 1.29 is 19.1 Å². The number of carbonyl (C=O) groups is 1. The number of rotatable bonds is 6. The fourth-order valence-electron chi connectivity index (χ4n) is 2.47. The number of carboxylic acid groups (broad SMARTS) is 1. The van der Waals surface area contributed by atoms with Crippen molar-refractivity contribution in [1.82, 2.24) is 4.90 Å². The Morgan fingerprint density at radius 2 is 2.47 bits per heavy atom. The van der Waals surface area contributed by atoms with E-state index >= 15 is 0 Å². The van der Waals surface area contributed by atoms with E-state index in [1.165, 1.54) is 6.26 Å². The highest BCUT2D eigenvalue weighted by molar-refractivity contribution is 5.86. The number of aromatic carboxylic acids is 1. The molecular weight excluding hydrogens is 246 g/mol. The van der Waals surface area contributed by atoms with Gasteiger partial charge in [0.1, 0.15) is 0 Å². The SMILES string of the molecule is CCCOC1CCCN(Cc2ccoc2C(=O)O)C1. The minimum absolute atomic E-state index is 0.0524. The van der Waals surface area contributed by atoms with Crippen LogP contribution in [0.25, 0.3) is 0 Å². The molecule has 1 fully saturated rings. The molecule has 0 bridgehead atoms. The summed E-state index contributed by atoms with van der Waals surface area (Å²) in [6.07, 6.45) is 4.92. The van der Waals surface area contributed by atoms with Gasteiger partial charge >= 0.3 is 5.97 Å². The Hall–Kier alpha value is -1.33. The molecule has 0 amide bonds. The van der Waals surface area contributed by atoms with Gasteiger partial charge in [0.05, 0.1) is 12.4 Å². The topological polar surface area (TPSA) is 62.9 Å². The molecular formula is C14H21NO4. The van der Waals surface area contributed by atoms with Gasteiger partial charge in [0.2, 0.25) is 5.76 Å². The van der Waals surface area contributed by atoms with Crippen LogP contribution in [0.3, 0.4) is 0 Å². The van der Waals surface area contributed by atoms with E-state index < -0.39 is 5.97 Å². The maximum Gasteiger partial charge on any atom is 0.372 e. The Labute approximate surface area is 113 Å². The normalized spacial score (nSPS) is 20.6. The molecule has 1 saturated heterocycles. The molecule has 2 heterocycles. The van der Waals surface area contributed by atoms with Crippen LogP contribution < -0.4 is 0 Å². The number of piperidine rings is 1. The number of likely N-dealkylation sites (tertiary alicyclic amines) is 1. The second kappa shape index (κ2) is 6.73. The van der Waals surface area contributed by atoms with Gasteiger partial charge in [-0.05, 0) is 31.9 Å². The highest BCUT2D eigenvalue weighted by Crippen LogP contribution is 2.19. The summed E-state index contributed by atoms with van der Waals surface area (Å²) in [5.41, 5.74) is 0.739. The van der Waals surface area contributed by atoms with Crippen LogP contribution in [-0.2, 0) is 11.3 Å². The first-order valence-electron chi connectivity index (χ1n) is 6.84. The van der Waals surface area contributed by atoms with Crippen LogP contribution in [0, 0.1) is 0 Å². The lowest BCUT2D eigenvalue weighted by molar-refractivity contribution is -0.00236. The van der Waals surface area contributed by atoms with Crippen molar-refractivity contribution in [2.45, 2.75) is 38.8 Å². The molecule has 0 radical (unpaired) electrons. The summed E-state index contributed by atoms with van der Waals surface area (Å²) in [4.78, 5) is 13.2. The molecule has 0 aromatic carbocycles. The molecule has 19 heavy (non-hydrogen) atoms. The smallest absolute Gasteiger partial charge is 0.372 e. The number of hydrogen-bond acceptors (Lipinski definition) is 4. The Bertz CT molecular complexity index is 415. The van der Waals surface area contributed by atoms with Crippen LogP contribution in [0.4, 0.5) is 0 Å². The highest BCUT2D eigenvalue weighted by Gasteiger charge is 2.23. The van der Waals surface area contributed by atoms with Crippen LogP contribution in [0.5, 0.6) is 0 Å². The Kier molecular flexibility index (Phi) is 4.99. The van der Waals surface area contributed by atoms with Crippen molar-refractivity contribution in [2.75, 3.05) is 19.7 Å². The van der Waals surface area contributed by atoms with E-state index in [-0.39, 0.29) is 11.9 Å². The average molecular weight is 267 g/mol. The molecule has 106 valence electrons. The van der Waals surface area contributed by atoms with E-state index in [1.807, 2.05) is 0 Å². The zero-order valence-electron chi connectivity index (χ0n) is 11.3. The van der Waals surface area contributed by atoms with Gasteiger partial charge in [0.25, 0.3) is 0 Å². The summed E-state index contributed by atoms with van der Waals surface area (Å²) in [6, 6.07) is 1.74. The fraction of sp³-hybridized carbons (Fsp3) is 0.643. The molecule has 0 spiro atoms. The van der Waals surface area contributed by atoms with Crippen molar-refractivity contribution in [1.29, 1.82) is 0 Å². The van der Waals surface area contributed by atoms with Crippen molar-refractivity contribution in [3.05, 3.63) is 23.7 Å². The fourth-order valence-corrected chi connectivity index (χ4v) is 2.47. The zero-order chi connectivity index (χ0) is 13.7. The Balaban J connectivity index is 1.91. The van der Waals surface area contributed by atoms with Gasteiger partial charge in [0, 0.05) is 25.3 Å². The monoisotopic (exact) mass is 267 g/mol. The van der Waals surface area contributed by atoms with E-state index in [0.717, 1.165) is 44.5 Å². The summed E-state index contributed by atoms with van der Waals surface area (Å²) >= 11 is 0. The molecule has 1 aliphatic heterocycles. The van der Waals surface area contributed by atoms with Crippen LogP contribution in [0.15, 0.2) is 16.7 Å². The third kappa shape index (κ3) is 3.81. The maximum atomic E-state index is 11.0. The molecule has 1 aromatic heterocycles. The zero-order valence-corrected chi connectivity index (χ0v) is 11.3. The minimum atomic E-state index is -1.00. The predicted molar refractivity (Wildman–Crippen MR) is 70.2 cm³/mol. The molecule has 0 aliphatic carbocycles. The van der Waals surface area contributed by atoms with E-state index in [9.17, 15) is 4.79 Å². The molecule has 1 aliphatic rings. The third-order valence-corrected chi connectivity index (χ3v) is 3.35. The summed E-state index contributed by atoms with van der Waals surface area (Å²) in [7, 11) is 0. The highest BCUT2D eigenvalue weighted by atomic mass is 16.5. The summed E-state index contributed by atoms with van der Waals surface area (Å²) < 4.78 is 10.8. The van der Waals surface area contributed by atoms with Crippen LogP contribution in [-0.4, -0.2) is 41.8 Å². The van der Waals surface area contributed by atoms with Gasteiger partial charge in [-0.25, -0.2) is 4.79 Å². The first-order valence-corrected chi connectivity index (χ1v) is 6.84. The van der Waals surface area contributed by atoms with Gasteiger partial charge < -0.3 is 14.3 Å². The quantitative estimate of drug-likeness (QED) is 0.857. The average Bonchev–Trinajstić information content (AvgIpc) is 2.85. The number of carboxylic acids is 1. The third-order valence-electron chi connectivity index (χ3n) is 3.35. The first-order chi connectivity index (χ1) is 9.20. The van der Waals surface area contributed by atoms with Crippen molar-refractivity contribution in [3.8, 4) is 0 Å². The van der Waals surface area contributed by atoms with E-state index in [4.69, 9.17) is 14.3 Å².